The number of nitrogens with zero attached hydrogens (tertiary/aromatic N) is 4. The second-order valence-electron chi connectivity index (χ2n) is 7.54. The number of imidazole rings is 1. The van der Waals surface area contributed by atoms with E-state index in [4.69, 9.17) is 5.10 Å². The largest absolute Gasteiger partial charge is 0.340 e. The summed E-state index contributed by atoms with van der Waals surface area (Å²) in [6, 6.07) is 23.0. The lowest BCUT2D eigenvalue weighted by Crippen LogP contribution is -1.97. The Hall–Kier alpha value is -4.76. The van der Waals surface area contributed by atoms with E-state index in [9.17, 15) is 4.79 Å². The number of aldehydes is 1. The summed E-state index contributed by atoms with van der Waals surface area (Å²) in [5, 5.41) is 7.99. The van der Waals surface area contributed by atoms with E-state index in [0.717, 1.165) is 34.6 Å². The molecule has 0 spiro atoms. The number of nitrogens with one attached hydrogen (secondary N) is 1. The standard InChI is InChI=1S/C27H19N5O/c1-19-2-9-23(10-3-19)30-26-16-20(14-15-28-26)6-11-24-17-29-27-13-12-25(31-32(24)27)22-7-4-21(18-33)5-8-22/h2-5,7-10,12-18H,1H3,(H,28,30). The third-order valence-corrected chi connectivity index (χ3v) is 5.12. The van der Waals surface area contributed by atoms with Crippen LogP contribution in [0.3, 0.4) is 0 Å². The molecule has 0 aliphatic rings. The van der Waals surface area contributed by atoms with Gasteiger partial charge in [-0.1, -0.05) is 47.9 Å². The number of aromatic nitrogens is 4. The van der Waals surface area contributed by atoms with Gasteiger partial charge in [0.15, 0.2) is 5.65 Å². The van der Waals surface area contributed by atoms with Gasteiger partial charge in [0, 0.05) is 28.6 Å². The molecule has 33 heavy (non-hydrogen) atoms. The third-order valence-electron chi connectivity index (χ3n) is 5.12. The van der Waals surface area contributed by atoms with Crippen LogP contribution in [0.15, 0.2) is 85.2 Å². The van der Waals surface area contributed by atoms with Gasteiger partial charge < -0.3 is 5.32 Å². The van der Waals surface area contributed by atoms with Crippen molar-refractivity contribution in [3.8, 4) is 23.1 Å². The van der Waals surface area contributed by atoms with Crippen LogP contribution in [0.2, 0.25) is 0 Å². The Kier molecular flexibility index (Phi) is 5.36. The van der Waals surface area contributed by atoms with Gasteiger partial charge in [0.05, 0.1) is 11.9 Å². The first kappa shape index (κ1) is 20.2. The van der Waals surface area contributed by atoms with Crippen molar-refractivity contribution in [3.63, 3.8) is 0 Å². The van der Waals surface area contributed by atoms with E-state index < -0.39 is 0 Å². The minimum absolute atomic E-state index is 0.627. The average Bonchev–Trinajstić information content (AvgIpc) is 3.27. The lowest BCUT2D eigenvalue weighted by molar-refractivity contribution is 0.112. The van der Waals surface area contributed by atoms with E-state index in [-0.39, 0.29) is 0 Å². The van der Waals surface area contributed by atoms with Crippen LogP contribution in [0.4, 0.5) is 11.5 Å². The highest BCUT2D eigenvalue weighted by atomic mass is 16.1. The summed E-state index contributed by atoms with van der Waals surface area (Å²) in [5.74, 6) is 7.07. The predicted molar refractivity (Wildman–Crippen MR) is 128 cm³/mol. The summed E-state index contributed by atoms with van der Waals surface area (Å²) in [6.07, 6.45) is 4.26. The first-order valence-corrected chi connectivity index (χ1v) is 10.4. The third kappa shape index (κ3) is 4.48. The van der Waals surface area contributed by atoms with E-state index in [1.807, 2.05) is 48.5 Å². The summed E-state index contributed by atoms with van der Waals surface area (Å²) in [5.41, 5.74) is 6.71. The van der Waals surface area contributed by atoms with Crippen LogP contribution < -0.4 is 5.32 Å². The second kappa shape index (κ2) is 8.77. The number of rotatable bonds is 4. The molecule has 0 saturated carbocycles. The van der Waals surface area contributed by atoms with Crippen molar-refractivity contribution in [3.05, 3.63) is 108 Å². The van der Waals surface area contributed by atoms with E-state index >= 15 is 0 Å². The number of hydrogen-bond acceptors (Lipinski definition) is 5. The number of benzene rings is 2. The van der Waals surface area contributed by atoms with Gasteiger partial charge in [-0.3, -0.25) is 4.79 Å². The molecule has 0 atom stereocenters. The van der Waals surface area contributed by atoms with Crippen molar-refractivity contribution >= 4 is 23.4 Å². The minimum atomic E-state index is 0.627. The molecule has 0 aliphatic heterocycles. The van der Waals surface area contributed by atoms with Crippen molar-refractivity contribution in [1.82, 2.24) is 19.6 Å². The smallest absolute Gasteiger partial charge is 0.154 e. The quantitative estimate of drug-likeness (QED) is 0.320. The predicted octanol–water partition coefficient (Wildman–Crippen LogP) is 5.06. The van der Waals surface area contributed by atoms with Gasteiger partial charge >= 0.3 is 0 Å². The maximum atomic E-state index is 10.9. The highest BCUT2D eigenvalue weighted by Gasteiger charge is 2.06. The zero-order chi connectivity index (χ0) is 22.6. The molecule has 6 nitrogen and oxygen atoms in total. The van der Waals surface area contributed by atoms with Crippen LogP contribution in [0, 0.1) is 18.8 Å². The highest BCUT2D eigenvalue weighted by Crippen LogP contribution is 2.19. The average molecular weight is 429 g/mol. The number of fused-ring (bicyclic) bond motifs is 1. The zero-order valence-corrected chi connectivity index (χ0v) is 17.9. The topological polar surface area (TPSA) is 72.2 Å². The van der Waals surface area contributed by atoms with Gasteiger partial charge in [-0.05, 0) is 49.2 Å². The monoisotopic (exact) mass is 429 g/mol. The van der Waals surface area contributed by atoms with Gasteiger partial charge in [0.1, 0.15) is 17.8 Å². The lowest BCUT2D eigenvalue weighted by atomic mass is 10.1. The van der Waals surface area contributed by atoms with Crippen LogP contribution in [-0.4, -0.2) is 25.9 Å². The Labute approximate surface area is 191 Å². The van der Waals surface area contributed by atoms with Gasteiger partial charge in [-0.25, -0.2) is 14.5 Å². The lowest BCUT2D eigenvalue weighted by Gasteiger charge is -2.05. The van der Waals surface area contributed by atoms with E-state index in [1.54, 1.807) is 29.0 Å². The van der Waals surface area contributed by atoms with Crippen molar-refractivity contribution in [2.45, 2.75) is 6.92 Å². The van der Waals surface area contributed by atoms with Crippen LogP contribution in [0.5, 0.6) is 0 Å². The number of carbonyl (C=O) groups is 1. The van der Waals surface area contributed by atoms with Crippen LogP contribution in [0.25, 0.3) is 16.9 Å². The molecule has 3 heterocycles. The Morgan fingerprint density at radius 1 is 0.909 bits per heavy atom. The van der Waals surface area contributed by atoms with Crippen molar-refractivity contribution in [2.24, 2.45) is 0 Å². The first-order chi connectivity index (χ1) is 16.2. The molecule has 3 aromatic heterocycles. The first-order valence-electron chi connectivity index (χ1n) is 10.4. The molecule has 6 heteroatoms. The summed E-state index contributed by atoms with van der Waals surface area (Å²) in [6.45, 7) is 2.06. The molecule has 0 bridgehead atoms. The summed E-state index contributed by atoms with van der Waals surface area (Å²) >= 11 is 0. The minimum Gasteiger partial charge on any atom is -0.340 e. The highest BCUT2D eigenvalue weighted by molar-refractivity contribution is 5.76. The van der Waals surface area contributed by atoms with E-state index in [1.165, 1.54) is 5.56 Å². The normalized spacial score (nSPS) is 10.5. The summed E-state index contributed by atoms with van der Waals surface area (Å²) in [4.78, 5) is 19.7. The molecule has 0 amide bonds. The van der Waals surface area contributed by atoms with Crippen molar-refractivity contribution < 1.29 is 4.79 Å². The Balaban J connectivity index is 1.42. The molecule has 1 N–H and O–H groups in total. The molecule has 0 fully saturated rings. The van der Waals surface area contributed by atoms with Crippen LogP contribution >= 0.6 is 0 Å². The van der Waals surface area contributed by atoms with Crippen molar-refractivity contribution in [2.75, 3.05) is 5.32 Å². The maximum Gasteiger partial charge on any atom is 0.154 e. The van der Waals surface area contributed by atoms with Crippen LogP contribution in [-0.2, 0) is 0 Å². The molecule has 0 aliphatic carbocycles. The second-order valence-corrected chi connectivity index (χ2v) is 7.54. The fraction of sp³-hybridized carbons (Fsp3) is 0.0370. The fourth-order valence-electron chi connectivity index (χ4n) is 3.34. The number of hydrogen-bond donors (Lipinski definition) is 1. The Morgan fingerprint density at radius 3 is 2.52 bits per heavy atom. The summed E-state index contributed by atoms with van der Waals surface area (Å²) < 4.78 is 1.72. The fourth-order valence-corrected chi connectivity index (χ4v) is 3.34. The molecule has 5 rings (SSSR count). The Morgan fingerprint density at radius 2 is 1.73 bits per heavy atom. The number of pyridine rings is 1. The van der Waals surface area contributed by atoms with Gasteiger partial charge in [-0.2, -0.15) is 5.10 Å². The van der Waals surface area contributed by atoms with Gasteiger partial charge in [0.2, 0.25) is 0 Å². The number of anilines is 2. The molecular formula is C27H19N5O. The van der Waals surface area contributed by atoms with E-state index in [2.05, 4.69) is 46.2 Å². The van der Waals surface area contributed by atoms with Crippen molar-refractivity contribution in [1.29, 1.82) is 0 Å². The molecule has 5 aromatic rings. The molecule has 0 unspecified atom stereocenters. The van der Waals surface area contributed by atoms with Gasteiger partial charge in [-0.15, -0.1) is 0 Å². The number of aryl methyl sites for hydroxylation is 1. The maximum absolute atomic E-state index is 10.9. The zero-order valence-electron chi connectivity index (χ0n) is 17.9. The van der Waals surface area contributed by atoms with Crippen LogP contribution in [0.1, 0.15) is 27.2 Å². The molecule has 0 radical (unpaired) electrons. The molecule has 158 valence electrons. The SMILES string of the molecule is Cc1ccc(Nc2cc(C#Cc3cnc4ccc(-c5ccc(C=O)cc5)nn34)ccn2)cc1. The summed E-state index contributed by atoms with van der Waals surface area (Å²) in [7, 11) is 0. The molecule has 0 saturated heterocycles. The Bertz CT molecular complexity index is 1510. The molecular weight excluding hydrogens is 410 g/mol. The molecule has 2 aromatic carbocycles. The van der Waals surface area contributed by atoms with E-state index in [0.29, 0.717) is 16.9 Å². The van der Waals surface area contributed by atoms with Gasteiger partial charge in [0.25, 0.3) is 0 Å². The number of carbonyl (C=O) groups excluding carboxylic acids is 1.